The fraction of sp³-hybridized carbons (Fsp3) is 0.500. The lowest BCUT2D eigenvalue weighted by Gasteiger charge is -2.44. The van der Waals surface area contributed by atoms with E-state index >= 15 is 0 Å². The van der Waals surface area contributed by atoms with Crippen LogP contribution in [0.5, 0.6) is 5.75 Å². The Hall–Kier alpha value is -0.820. The number of halogens is 1. The van der Waals surface area contributed by atoms with Crippen molar-refractivity contribution >= 4 is 28.5 Å². The van der Waals surface area contributed by atoms with E-state index in [0.29, 0.717) is 18.7 Å². The van der Waals surface area contributed by atoms with E-state index in [1.807, 2.05) is 19.9 Å². The number of amides is 1. The number of aliphatic hydroxyl groups is 1. The van der Waals surface area contributed by atoms with Crippen LogP contribution >= 0.6 is 22.6 Å². The molecule has 0 aliphatic carbocycles. The van der Waals surface area contributed by atoms with Gasteiger partial charge in [-0.05, 0) is 61.6 Å². The average Bonchev–Trinajstić information content (AvgIpc) is 2.27. The molecule has 1 N–H and O–H groups in total. The number of nitrogens with zero attached hydrogens (tertiary/aromatic N) is 1. The molecule has 4 nitrogen and oxygen atoms in total. The second-order valence-electron chi connectivity index (χ2n) is 5.47. The Kier molecular flexibility index (Phi) is 4.06. The van der Waals surface area contributed by atoms with Gasteiger partial charge in [-0.15, -0.1) is 0 Å². The molecule has 19 heavy (non-hydrogen) atoms. The smallest absolute Gasteiger partial charge is 0.254 e. The number of benzene rings is 1. The Bertz CT molecular complexity index is 491. The van der Waals surface area contributed by atoms with E-state index in [1.165, 1.54) is 0 Å². The highest BCUT2D eigenvalue weighted by molar-refractivity contribution is 14.1. The summed E-state index contributed by atoms with van der Waals surface area (Å²) in [7, 11) is 0. The molecule has 1 aliphatic heterocycles. The summed E-state index contributed by atoms with van der Waals surface area (Å²) in [5.74, 6) is 0.672. The standard InChI is InChI=1S/C14H18INO3/c1-9(2)19-12-6-10(4-5-11(12)15)13(17)16-7-14(3,18)8-16/h4-6,9,18H,7-8H2,1-3H3. The maximum Gasteiger partial charge on any atom is 0.254 e. The van der Waals surface area contributed by atoms with Gasteiger partial charge < -0.3 is 14.7 Å². The Morgan fingerprint density at radius 3 is 2.63 bits per heavy atom. The molecule has 1 aromatic rings. The molecule has 2 rings (SSSR count). The van der Waals surface area contributed by atoms with Crippen molar-refractivity contribution in [1.29, 1.82) is 0 Å². The second-order valence-corrected chi connectivity index (χ2v) is 6.63. The van der Waals surface area contributed by atoms with Crippen LogP contribution in [-0.4, -0.2) is 40.7 Å². The molecule has 0 spiro atoms. The zero-order valence-electron chi connectivity index (χ0n) is 11.3. The van der Waals surface area contributed by atoms with Gasteiger partial charge in [0.05, 0.1) is 28.4 Å². The van der Waals surface area contributed by atoms with E-state index in [-0.39, 0.29) is 12.0 Å². The van der Waals surface area contributed by atoms with E-state index in [4.69, 9.17) is 4.74 Å². The van der Waals surface area contributed by atoms with Crippen molar-refractivity contribution in [2.24, 2.45) is 0 Å². The van der Waals surface area contributed by atoms with Crippen LogP contribution in [0.4, 0.5) is 0 Å². The molecule has 0 radical (unpaired) electrons. The minimum atomic E-state index is -0.740. The van der Waals surface area contributed by atoms with Gasteiger partial charge in [-0.25, -0.2) is 0 Å². The van der Waals surface area contributed by atoms with Crippen molar-refractivity contribution in [3.63, 3.8) is 0 Å². The van der Waals surface area contributed by atoms with Gasteiger partial charge in [0.15, 0.2) is 0 Å². The molecule has 5 heteroatoms. The van der Waals surface area contributed by atoms with E-state index < -0.39 is 5.60 Å². The van der Waals surface area contributed by atoms with Crippen molar-refractivity contribution in [3.8, 4) is 5.75 Å². The predicted octanol–water partition coefficient (Wildman–Crippen LogP) is 2.29. The number of likely N-dealkylation sites (tertiary alicyclic amines) is 1. The van der Waals surface area contributed by atoms with Crippen LogP contribution < -0.4 is 4.74 Å². The molecule has 1 heterocycles. The van der Waals surface area contributed by atoms with Crippen molar-refractivity contribution in [2.75, 3.05) is 13.1 Å². The zero-order valence-corrected chi connectivity index (χ0v) is 13.5. The lowest BCUT2D eigenvalue weighted by Crippen LogP contribution is -2.61. The number of β-amino-alcohol motifs (C(OH)–C–C–N with tert-alkyl or cyclic N) is 1. The van der Waals surface area contributed by atoms with E-state index in [0.717, 1.165) is 9.32 Å². The molecular formula is C14H18INO3. The molecule has 0 aromatic heterocycles. The number of carbonyl (C=O) groups is 1. The normalized spacial score (nSPS) is 17.3. The molecule has 1 fully saturated rings. The van der Waals surface area contributed by atoms with E-state index in [1.54, 1.807) is 24.0 Å². The third-order valence-corrected chi connectivity index (χ3v) is 3.78. The number of hydrogen-bond acceptors (Lipinski definition) is 3. The summed E-state index contributed by atoms with van der Waals surface area (Å²) in [6.07, 6.45) is 0.0728. The maximum atomic E-state index is 12.2. The first-order valence-corrected chi connectivity index (χ1v) is 7.34. The predicted molar refractivity (Wildman–Crippen MR) is 81.5 cm³/mol. The molecule has 0 atom stereocenters. The van der Waals surface area contributed by atoms with Gasteiger partial charge in [-0.1, -0.05) is 0 Å². The highest BCUT2D eigenvalue weighted by Gasteiger charge is 2.39. The SMILES string of the molecule is CC(C)Oc1cc(C(=O)N2CC(C)(O)C2)ccc1I. The summed E-state index contributed by atoms with van der Waals surface area (Å²) < 4.78 is 6.67. The van der Waals surface area contributed by atoms with Gasteiger partial charge >= 0.3 is 0 Å². The molecule has 1 saturated heterocycles. The molecule has 1 aliphatic rings. The van der Waals surface area contributed by atoms with Gasteiger partial charge in [0.2, 0.25) is 0 Å². The van der Waals surface area contributed by atoms with Crippen LogP contribution in [-0.2, 0) is 0 Å². The monoisotopic (exact) mass is 375 g/mol. The zero-order chi connectivity index (χ0) is 14.2. The third-order valence-electron chi connectivity index (χ3n) is 2.89. The van der Waals surface area contributed by atoms with Crippen LogP contribution in [0.3, 0.4) is 0 Å². The third kappa shape index (κ3) is 3.39. The first-order chi connectivity index (χ1) is 8.78. The van der Waals surface area contributed by atoms with Crippen molar-refractivity contribution in [2.45, 2.75) is 32.5 Å². The Labute approximate surface area is 126 Å². The average molecular weight is 375 g/mol. The van der Waals surface area contributed by atoms with E-state index in [9.17, 15) is 9.90 Å². The Balaban J connectivity index is 2.15. The summed E-state index contributed by atoms with van der Waals surface area (Å²) in [4.78, 5) is 13.9. The van der Waals surface area contributed by atoms with Gasteiger partial charge in [-0.3, -0.25) is 4.79 Å². The maximum absolute atomic E-state index is 12.2. The van der Waals surface area contributed by atoms with Gasteiger partial charge in [0.25, 0.3) is 5.91 Å². The molecule has 1 amide bonds. The van der Waals surface area contributed by atoms with Crippen LogP contribution in [0, 0.1) is 3.57 Å². The number of hydrogen-bond donors (Lipinski definition) is 1. The van der Waals surface area contributed by atoms with E-state index in [2.05, 4.69) is 22.6 Å². The molecular weight excluding hydrogens is 357 g/mol. The minimum absolute atomic E-state index is 0.0588. The van der Waals surface area contributed by atoms with Crippen LogP contribution in [0.1, 0.15) is 31.1 Å². The van der Waals surface area contributed by atoms with Crippen LogP contribution in [0.2, 0.25) is 0 Å². The second kappa shape index (κ2) is 5.28. The number of carbonyl (C=O) groups excluding carboxylic acids is 1. The molecule has 0 bridgehead atoms. The molecule has 1 aromatic carbocycles. The highest BCUT2D eigenvalue weighted by atomic mass is 127. The van der Waals surface area contributed by atoms with Crippen molar-refractivity contribution in [3.05, 3.63) is 27.3 Å². The summed E-state index contributed by atoms with van der Waals surface area (Å²) in [5.41, 5.74) is -0.137. The quantitative estimate of drug-likeness (QED) is 0.825. The number of ether oxygens (including phenoxy) is 1. The van der Waals surface area contributed by atoms with Crippen LogP contribution in [0.15, 0.2) is 18.2 Å². The van der Waals surface area contributed by atoms with Gasteiger partial charge in [0, 0.05) is 5.56 Å². The van der Waals surface area contributed by atoms with Crippen molar-refractivity contribution < 1.29 is 14.6 Å². The molecule has 0 saturated carbocycles. The minimum Gasteiger partial charge on any atom is -0.490 e. The molecule has 0 unspecified atom stereocenters. The summed E-state index contributed by atoms with van der Waals surface area (Å²) in [5, 5.41) is 9.68. The first kappa shape index (κ1) is 14.6. The Morgan fingerprint density at radius 2 is 2.11 bits per heavy atom. The van der Waals surface area contributed by atoms with Crippen LogP contribution in [0.25, 0.3) is 0 Å². The fourth-order valence-electron chi connectivity index (χ4n) is 2.08. The summed E-state index contributed by atoms with van der Waals surface area (Å²) in [6, 6.07) is 5.45. The molecule has 104 valence electrons. The number of rotatable bonds is 3. The summed E-state index contributed by atoms with van der Waals surface area (Å²) >= 11 is 2.19. The lowest BCUT2D eigenvalue weighted by molar-refractivity contribution is -0.0668. The first-order valence-electron chi connectivity index (χ1n) is 6.26. The van der Waals surface area contributed by atoms with Gasteiger partial charge in [0.1, 0.15) is 5.75 Å². The Morgan fingerprint density at radius 1 is 1.47 bits per heavy atom. The fourth-order valence-corrected chi connectivity index (χ4v) is 2.55. The topological polar surface area (TPSA) is 49.8 Å². The summed E-state index contributed by atoms with van der Waals surface area (Å²) in [6.45, 7) is 6.42. The largest absolute Gasteiger partial charge is 0.490 e. The van der Waals surface area contributed by atoms with Crippen molar-refractivity contribution in [1.82, 2.24) is 4.90 Å². The van der Waals surface area contributed by atoms with Gasteiger partial charge in [-0.2, -0.15) is 0 Å². The highest BCUT2D eigenvalue weighted by Crippen LogP contribution is 2.27. The lowest BCUT2D eigenvalue weighted by atomic mass is 9.96.